The molecule has 0 unspecified atom stereocenters. The van der Waals surface area contributed by atoms with E-state index in [2.05, 4.69) is 12.2 Å². The van der Waals surface area contributed by atoms with Gasteiger partial charge in [-0.1, -0.05) is 56.2 Å². The van der Waals surface area contributed by atoms with Crippen molar-refractivity contribution >= 4 is 23.4 Å². The van der Waals surface area contributed by atoms with Crippen molar-refractivity contribution in [2.75, 3.05) is 6.61 Å². The molecule has 0 spiro atoms. The van der Waals surface area contributed by atoms with Crippen LogP contribution in [0.15, 0.2) is 42.5 Å². The van der Waals surface area contributed by atoms with E-state index in [0.29, 0.717) is 11.5 Å². The molecule has 1 N–H and O–H groups in total. The lowest BCUT2D eigenvalue weighted by Gasteiger charge is -2.29. The molecule has 0 aromatic heterocycles. The van der Waals surface area contributed by atoms with Crippen LogP contribution in [0.3, 0.4) is 0 Å². The maximum atomic E-state index is 13.0. The maximum Gasteiger partial charge on any atom is 0.339 e. The van der Waals surface area contributed by atoms with Crippen LogP contribution in [0.2, 0.25) is 0 Å². The molecule has 6 nitrogen and oxygen atoms in total. The van der Waals surface area contributed by atoms with E-state index in [-0.39, 0.29) is 40.0 Å². The van der Waals surface area contributed by atoms with Crippen LogP contribution < -0.4 is 5.32 Å². The van der Waals surface area contributed by atoms with Gasteiger partial charge in [-0.15, -0.1) is 0 Å². The van der Waals surface area contributed by atoms with Gasteiger partial charge in [0.25, 0.3) is 5.91 Å². The maximum absolute atomic E-state index is 13.0. The molecule has 30 heavy (non-hydrogen) atoms. The number of carbonyl (C=O) groups excluding carboxylic acids is 4. The fourth-order valence-corrected chi connectivity index (χ4v) is 4.30. The van der Waals surface area contributed by atoms with E-state index in [1.165, 1.54) is 18.2 Å². The Hall–Kier alpha value is -3.28. The third-order valence-electron chi connectivity index (χ3n) is 5.96. The van der Waals surface area contributed by atoms with Gasteiger partial charge in [0.15, 0.2) is 18.2 Å². The summed E-state index contributed by atoms with van der Waals surface area (Å²) < 4.78 is 5.19. The van der Waals surface area contributed by atoms with Crippen molar-refractivity contribution in [2.24, 2.45) is 5.92 Å². The fraction of sp³-hybridized carbons (Fsp3) is 0.333. The quantitative estimate of drug-likeness (QED) is 0.673. The van der Waals surface area contributed by atoms with Gasteiger partial charge >= 0.3 is 5.97 Å². The second-order valence-corrected chi connectivity index (χ2v) is 7.94. The van der Waals surface area contributed by atoms with Gasteiger partial charge in [-0.05, 0) is 24.8 Å². The molecule has 1 amide bonds. The van der Waals surface area contributed by atoms with Crippen molar-refractivity contribution in [3.05, 3.63) is 70.3 Å². The van der Waals surface area contributed by atoms with Gasteiger partial charge < -0.3 is 10.1 Å². The first kappa shape index (κ1) is 20.0. The highest BCUT2D eigenvalue weighted by Crippen LogP contribution is 2.30. The van der Waals surface area contributed by atoms with Crippen LogP contribution in [0.25, 0.3) is 0 Å². The van der Waals surface area contributed by atoms with E-state index in [1.54, 1.807) is 24.3 Å². The van der Waals surface area contributed by atoms with Crippen LogP contribution in [0.5, 0.6) is 0 Å². The highest BCUT2D eigenvalue weighted by molar-refractivity contribution is 6.30. The van der Waals surface area contributed by atoms with Gasteiger partial charge in [-0.3, -0.25) is 14.4 Å². The smallest absolute Gasteiger partial charge is 0.339 e. The molecule has 2 atom stereocenters. The molecule has 0 saturated heterocycles. The Morgan fingerprint density at radius 1 is 0.933 bits per heavy atom. The minimum absolute atomic E-state index is 0.000752. The van der Waals surface area contributed by atoms with Crippen LogP contribution in [-0.2, 0) is 9.53 Å². The lowest BCUT2D eigenvalue weighted by atomic mass is 9.82. The number of hydrogen-bond donors (Lipinski definition) is 1. The number of carbonyl (C=O) groups is 4. The molecule has 2 aliphatic rings. The summed E-state index contributed by atoms with van der Waals surface area (Å²) >= 11 is 0. The largest absolute Gasteiger partial charge is 0.452 e. The number of hydrogen-bond acceptors (Lipinski definition) is 5. The first-order valence-electron chi connectivity index (χ1n) is 10.3. The van der Waals surface area contributed by atoms with Gasteiger partial charge in [0.2, 0.25) is 0 Å². The number of esters is 1. The van der Waals surface area contributed by atoms with Crippen molar-refractivity contribution < 1.29 is 23.9 Å². The predicted molar refractivity (Wildman–Crippen MR) is 110 cm³/mol. The van der Waals surface area contributed by atoms with Gasteiger partial charge in [-0.25, -0.2) is 4.79 Å². The van der Waals surface area contributed by atoms with E-state index in [1.807, 2.05) is 0 Å². The SMILES string of the molecule is C[C@@H]1CCCC[C@@H]1NC(=O)COC(=O)c1cccc2c1C(=O)c1ccccc1C2=O. The lowest BCUT2D eigenvalue weighted by Crippen LogP contribution is -2.43. The molecule has 2 aliphatic carbocycles. The number of ketones is 2. The molecule has 0 bridgehead atoms. The highest BCUT2D eigenvalue weighted by Gasteiger charge is 2.33. The molecule has 0 radical (unpaired) electrons. The van der Waals surface area contributed by atoms with E-state index in [9.17, 15) is 19.2 Å². The van der Waals surface area contributed by atoms with Crippen LogP contribution in [0.1, 0.15) is 74.8 Å². The number of benzene rings is 2. The van der Waals surface area contributed by atoms with Crippen LogP contribution in [0.4, 0.5) is 0 Å². The number of amides is 1. The lowest BCUT2D eigenvalue weighted by molar-refractivity contribution is -0.125. The molecular weight excluding hydrogens is 382 g/mol. The number of rotatable bonds is 4. The van der Waals surface area contributed by atoms with E-state index < -0.39 is 18.4 Å². The first-order valence-corrected chi connectivity index (χ1v) is 10.3. The zero-order chi connectivity index (χ0) is 21.3. The Morgan fingerprint density at radius 2 is 1.60 bits per heavy atom. The zero-order valence-corrected chi connectivity index (χ0v) is 16.8. The summed E-state index contributed by atoms with van der Waals surface area (Å²) in [6.45, 7) is 1.68. The molecule has 1 fully saturated rings. The second kappa shape index (κ2) is 8.22. The molecule has 4 rings (SSSR count). The second-order valence-electron chi connectivity index (χ2n) is 7.94. The van der Waals surface area contributed by atoms with Crippen LogP contribution >= 0.6 is 0 Å². The highest BCUT2D eigenvalue weighted by atomic mass is 16.5. The van der Waals surface area contributed by atoms with Gasteiger partial charge in [-0.2, -0.15) is 0 Å². The summed E-state index contributed by atoms with van der Waals surface area (Å²) in [5, 5.41) is 2.93. The Balaban J connectivity index is 1.50. The molecule has 0 aliphatic heterocycles. The minimum atomic E-state index is -0.792. The zero-order valence-electron chi connectivity index (χ0n) is 16.8. The van der Waals surface area contributed by atoms with E-state index in [4.69, 9.17) is 4.74 Å². The third kappa shape index (κ3) is 3.65. The predicted octanol–water partition coefficient (Wildman–Crippen LogP) is 3.31. The number of nitrogens with one attached hydrogen (secondary N) is 1. The summed E-state index contributed by atoms with van der Waals surface area (Å²) in [6, 6.07) is 11.1. The van der Waals surface area contributed by atoms with Crippen molar-refractivity contribution in [3.63, 3.8) is 0 Å². The van der Waals surface area contributed by atoms with Crippen LogP contribution in [-0.4, -0.2) is 36.1 Å². The van der Waals surface area contributed by atoms with Crippen molar-refractivity contribution in [1.82, 2.24) is 5.32 Å². The first-order chi connectivity index (χ1) is 14.5. The molecular formula is C24H23NO5. The molecule has 6 heteroatoms. The molecule has 0 heterocycles. The van der Waals surface area contributed by atoms with Gasteiger partial charge in [0, 0.05) is 28.3 Å². The average Bonchev–Trinajstić information content (AvgIpc) is 2.77. The third-order valence-corrected chi connectivity index (χ3v) is 5.96. The standard InChI is InChI=1S/C24H23NO5/c1-14-7-2-5-12-19(14)25-20(26)13-30-24(29)18-11-6-10-17-21(18)23(28)16-9-4-3-8-15(16)22(17)27/h3-4,6,8-11,14,19H,2,5,7,12-13H2,1H3,(H,25,26)/t14-,19+/m1/s1. The Labute approximate surface area is 174 Å². The van der Waals surface area contributed by atoms with Crippen molar-refractivity contribution in [2.45, 2.75) is 38.6 Å². The Bertz CT molecular complexity index is 1040. The van der Waals surface area contributed by atoms with E-state index in [0.717, 1.165) is 25.7 Å². The van der Waals surface area contributed by atoms with Gasteiger partial charge in [0.1, 0.15) is 0 Å². The van der Waals surface area contributed by atoms with Crippen molar-refractivity contribution in [1.29, 1.82) is 0 Å². The van der Waals surface area contributed by atoms with E-state index >= 15 is 0 Å². The summed E-state index contributed by atoms with van der Waals surface area (Å²) in [4.78, 5) is 50.7. The molecule has 2 aromatic carbocycles. The van der Waals surface area contributed by atoms with Crippen LogP contribution in [0, 0.1) is 5.92 Å². The fourth-order valence-electron chi connectivity index (χ4n) is 4.30. The summed E-state index contributed by atoms with van der Waals surface area (Å²) in [6.07, 6.45) is 4.22. The number of ether oxygens (including phenoxy) is 1. The Kier molecular flexibility index (Phi) is 5.48. The molecule has 1 saturated carbocycles. The normalized spacial score (nSPS) is 20.2. The van der Waals surface area contributed by atoms with Crippen molar-refractivity contribution in [3.8, 4) is 0 Å². The monoisotopic (exact) mass is 405 g/mol. The average molecular weight is 405 g/mol. The summed E-state index contributed by atoms with van der Waals surface area (Å²) in [7, 11) is 0. The molecule has 154 valence electrons. The molecule has 2 aromatic rings. The Morgan fingerprint density at radius 3 is 2.33 bits per heavy atom. The van der Waals surface area contributed by atoms with Gasteiger partial charge in [0.05, 0.1) is 5.56 Å². The summed E-state index contributed by atoms with van der Waals surface area (Å²) in [5.41, 5.74) is 0.793. The minimum Gasteiger partial charge on any atom is -0.452 e. The summed E-state index contributed by atoms with van der Waals surface area (Å²) in [5.74, 6) is -1.46. The topological polar surface area (TPSA) is 89.5 Å². The number of fused-ring (bicyclic) bond motifs is 2.